The first-order chi connectivity index (χ1) is 13.4. The molecule has 0 saturated heterocycles. The van der Waals surface area contributed by atoms with E-state index in [1.807, 2.05) is 54.8 Å². The first-order valence-corrected chi connectivity index (χ1v) is 10.3. The maximum absolute atomic E-state index is 12.6. The Hall–Kier alpha value is -2.66. The molecule has 0 unspecified atom stereocenters. The summed E-state index contributed by atoms with van der Waals surface area (Å²) in [5, 5.41) is 5.85. The summed E-state index contributed by atoms with van der Waals surface area (Å²) in [6.45, 7) is 8.98. The van der Waals surface area contributed by atoms with Crippen LogP contribution in [0.4, 0.5) is 5.69 Å². The Labute approximate surface area is 170 Å². The van der Waals surface area contributed by atoms with Crippen LogP contribution in [0.5, 0.6) is 5.75 Å². The molecule has 1 amide bonds. The van der Waals surface area contributed by atoms with Gasteiger partial charge in [-0.05, 0) is 36.1 Å². The van der Waals surface area contributed by atoms with Crippen LogP contribution in [0.15, 0.2) is 53.9 Å². The summed E-state index contributed by atoms with van der Waals surface area (Å²) in [6.07, 6.45) is 0.242. The van der Waals surface area contributed by atoms with Crippen molar-refractivity contribution in [1.82, 2.24) is 4.98 Å². The van der Waals surface area contributed by atoms with Crippen LogP contribution in [-0.2, 0) is 16.6 Å². The Balaban J connectivity index is 1.74. The fourth-order valence-corrected chi connectivity index (χ4v) is 3.89. The van der Waals surface area contributed by atoms with Crippen molar-refractivity contribution in [3.63, 3.8) is 0 Å². The molecule has 0 fully saturated rings. The Morgan fingerprint density at radius 1 is 1.11 bits per heavy atom. The molecule has 28 heavy (non-hydrogen) atoms. The summed E-state index contributed by atoms with van der Waals surface area (Å²) in [7, 11) is 0. The van der Waals surface area contributed by atoms with Crippen LogP contribution in [0.2, 0.25) is 0 Å². The quantitative estimate of drug-likeness (QED) is 0.584. The van der Waals surface area contributed by atoms with Crippen molar-refractivity contribution < 1.29 is 9.53 Å². The van der Waals surface area contributed by atoms with Gasteiger partial charge in [0, 0.05) is 11.1 Å². The summed E-state index contributed by atoms with van der Waals surface area (Å²) in [5.41, 5.74) is 3.65. The maximum Gasteiger partial charge on any atom is 0.230 e. The van der Waals surface area contributed by atoms with Gasteiger partial charge in [-0.1, -0.05) is 51.1 Å². The second kappa shape index (κ2) is 8.57. The molecular formula is C23H26N2O2S. The topological polar surface area (TPSA) is 51.2 Å². The Bertz CT molecular complexity index is 957. The number of thiazole rings is 1. The normalized spacial score (nSPS) is 11.3. The van der Waals surface area contributed by atoms with Crippen molar-refractivity contribution in [2.24, 2.45) is 0 Å². The summed E-state index contributed by atoms with van der Waals surface area (Å²) < 4.78 is 5.69. The Morgan fingerprint density at radius 2 is 1.82 bits per heavy atom. The standard InChI is InChI=1S/C23H26N2O2S/c1-5-27-20-13-9-6-10-17(20)22-24-16(15-28-22)14-21(26)25-19-12-8-7-11-18(19)23(2,3)4/h6-13,15H,5,14H2,1-4H3,(H,25,26). The van der Waals surface area contributed by atoms with Gasteiger partial charge in [-0.25, -0.2) is 4.98 Å². The fraction of sp³-hybridized carbons (Fsp3) is 0.304. The van der Waals surface area contributed by atoms with E-state index >= 15 is 0 Å². The molecule has 0 aliphatic rings. The molecule has 2 aromatic carbocycles. The van der Waals surface area contributed by atoms with E-state index in [9.17, 15) is 4.79 Å². The number of amides is 1. The van der Waals surface area contributed by atoms with E-state index in [1.165, 1.54) is 11.3 Å². The minimum absolute atomic E-state index is 0.0410. The monoisotopic (exact) mass is 394 g/mol. The van der Waals surface area contributed by atoms with Crippen molar-refractivity contribution in [3.8, 4) is 16.3 Å². The third kappa shape index (κ3) is 4.78. The summed E-state index contributed by atoms with van der Waals surface area (Å²) >= 11 is 1.53. The lowest BCUT2D eigenvalue weighted by molar-refractivity contribution is -0.115. The first-order valence-electron chi connectivity index (χ1n) is 9.44. The number of ether oxygens (including phenoxy) is 1. The third-order valence-corrected chi connectivity index (χ3v) is 5.24. The van der Waals surface area contributed by atoms with E-state index in [0.717, 1.165) is 33.3 Å². The molecule has 0 spiro atoms. The van der Waals surface area contributed by atoms with Gasteiger partial charge in [0.2, 0.25) is 5.91 Å². The number of hydrogen-bond acceptors (Lipinski definition) is 4. The third-order valence-electron chi connectivity index (χ3n) is 4.32. The van der Waals surface area contributed by atoms with Gasteiger partial charge in [0.15, 0.2) is 0 Å². The van der Waals surface area contributed by atoms with Gasteiger partial charge in [-0.3, -0.25) is 4.79 Å². The molecule has 0 aliphatic carbocycles. The Morgan fingerprint density at radius 3 is 2.57 bits per heavy atom. The number of carbonyl (C=O) groups is 1. The highest BCUT2D eigenvalue weighted by Crippen LogP contribution is 2.33. The second-order valence-electron chi connectivity index (χ2n) is 7.59. The lowest BCUT2D eigenvalue weighted by atomic mass is 9.86. The number of rotatable bonds is 6. The number of carbonyl (C=O) groups excluding carboxylic acids is 1. The molecule has 3 rings (SSSR count). The molecule has 0 aliphatic heterocycles. The molecule has 1 aromatic heterocycles. The summed E-state index contributed by atoms with van der Waals surface area (Å²) in [5.74, 6) is 0.751. The van der Waals surface area contributed by atoms with Gasteiger partial charge in [0.25, 0.3) is 0 Å². The summed E-state index contributed by atoms with van der Waals surface area (Å²) in [6, 6.07) is 15.8. The average Bonchev–Trinajstić information content (AvgIpc) is 3.10. The number of para-hydroxylation sites is 2. The van der Waals surface area contributed by atoms with Crippen molar-refractivity contribution in [2.75, 3.05) is 11.9 Å². The van der Waals surface area contributed by atoms with Crippen LogP contribution >= 0.6 is 11.3 Å². The van der Waals surface area contributed by atoms with Crippen molar-refractivity contribution in [1.29, 1.82) is 0 Å². The lowest BCUT2D eigenvalue weighted by Gasteiger charge is -2.22. The van der Waals surface area contributed by atoms with Gasteiger partial charge in [0.1, 0.15) is 10.8 Å². The van der Waals surface area contributed by atoms with Crippen molar-refractivity contribution in [2.45, 2.75) is 39.5 Å². The van der Waals surface area contributed by atoms with E-state index < -0.39 is 0 Å². The number of anilines is 1. The number of nitrogens with one attached hydrogen (secondary N) is 1. The minimum atomic E-state index is -0.0633. The van der Waals surface area contributed by atoms with Crippen LogP contribution < -0.4 is 10.1 Å². The lowest BCUT2D eigenvalue weighted by Crippen LogP contribution is -2.20. The molecule has 4 nitrogen and oxygen atoms in total. The number of nitrogens with zero attached hydrogens (tertiary/aromatic N) is 1. The van der Waals surface area contributed by atoms with Gasteiger partial charge in [-0.2, -0.15) is 0 Å². The van der Waals surface area contributed by atoms with Crippen LogP contribution in [0.3, 0.4) is 0 Å². The molecule has 5 heteroatoms. The highest BCUT2D eigenvalue weighted by Gasteiger charge is 2.19. The molecule has 3 aromatic rings. The fourth-order valence-electron chi connectivity index (χ4n) is 3.04. The highest BCUT2D eigenvalue weighted by atomic mass is 32.1. The zero-order chi connectivity index (χ0) is 20.1. The predicted octanol–water partition coefficient (Wildman–Crippen LogP) is 5.69. The van der Waals surface area contributed by atoms with Gasteiger partial charge >= 0.3 is 0 Å². The van der Waals surface area contributed by atoms with Gasteiger partial charge in [-0.15, -0.1) is 11.3 Å². The molecule has 0 radical (unpaired) electrons. The van der Waals surface area contributed by atoms with E-state index in [-0.39, 0.29) is 17.7 Å². The maximum atomic E-state index is 12.6. The second-order valence-corrected chi connectivity index (χ2v) is 8.45. The van der Waals surface area contributed by atoms with Gasteiger partial charge < -0.3 is 10.1 Å². The smallest absolute Gasteiger partial charge is 0.230 e. The van der Waals surface area contributed by atoms with Crippen LogP contribution in [0.25, 0.3) is 10.6 Å². The van der Waals surface area contributed by atoms with Crippen LogP contribution in [-0.4, -0.2) is 17.5 Å². The Kier molecular flexibility index (Phi) is 6.15. The largest absolute Gasteiger partial charge is 0.493 e. The molecular weight excluding hydrogens is 368 g/mol. The molecule has 1 N–H and O–H groups in total. The number of benzene rings is 2. The zero-order valence-corrected chi connectivity index (χ0v) is 17.6. The molecule has 0 atom stereocenters. The molecule has 146 valence electrons. The summed E-state index contributed by atoms with van der Waals surface area (Å²) in [4.78, 5) is 17.3. The molecule has 0 bridgehead atoms. The van der Waals surface area contributed by atoms with E-state index in [0.29, 0.717) is 6.61 Å². The first kappa shape index (κ1) is 20.1. The number of hydrogen-bond donors (Lipinski definition) is 1. The minimum Gasteiger partial charge on any atom is -0.493 e. The zero-order valence-electron chi connectivity index (χ0n) is 16.8. The number of aromatic nitrogens is 1. The SMILES string of the molecule is CCOc1ccccc1-c1nc(CC(=O)Nc2ccccc2C(C)(C)C)cs1. The van der Waals surface area contributed by atoms with E-state index in [4.69, 9.17) is 4.74 Å². The highest BCUT2D eigenvalue weighted by molar-refractivity contribution is 7.13. The molecule has 1 heterocycles. The van der Waals surface area contributed by atoms with E-state index in [1.54, 1.807) is 0 Å². The van der Waals surface area contributed by atoms with Crippen molar-refractivity contribution in [3.05, 3.63) is 65.2 Å². The van der Waals surface area contributed by atoms with Crippen LogP contribution in [0, 0.1) is 0 Å². The van der Waals surface area contributed by atoms with Crippen LogP contribution in [0.1, 0.15) is 39.0 Å². The molecule has 0 saturated carbocycles. The average molecular weight is 395 g/mol. The van der Waals surface area contributed by atoms with Crippen molar-refractivity contribution >= 4 is 22.9 Å². The predicted molar refractivity (Wildman–Crippen MR) is 116 cm³/mol. The van der Waals surface area contributed by atoms with E-state index in [2.05, 4.69) is 37.1 Å². The van der Waals surface area contributed by atoms with Gasteiger partial charge in [0.05, 0.1) is 24.3 Å².